The summed E-state index contributed by atoms with van der Waals surface area (Å²) < 4.78 is 5.57. The van der Waals surface area contributed by atoms with Crippen LogP contribution in [0, 0.1) is 0 Å². The van der Waals surface area contributed by atoms with Gasteiger partial charge in [-0.1, -0.05) is 11.6 Å². The maximum absolute atomic E-state index is 5.90. The molecular formula is C10H14ClN3O. The van der Waals surface area contributed by atoms with Gasteiger partial charge in [0.25, 0.3) is 0 Å². The number of ether oxygens (including phenoxy) is 1. The molecular weight excluding hydrogens is 214 g/mol. The number of anilines is 1. The third kappa shape index (κ3) is 2.58. The van der Waals surface area contributed by atoms with E-state index in [1.807, 2.05) is 0 Å². The molecule has 1 aliphatic heterocycles. The standard InChI is InChI=1S/C10H14ClN3O/c1-7(8-3-2-6-15-8)14-10-9(11)12-4-5-13-10/h4-5,7-8H,2-3,6H2,1H3,(H,13,14). The lowest BCUT2D eigenvalue weighted by molar-refractivity contribution is 0.0995. The second-order valence-corrected chi connectivity index (χ2v) is 4.04. The highest BCUT2D eigenvalue weighted by atomic mass is 35.5. The van der Waals surface area contributed by atoms with Gasteiger partial charge in [-0.05, 0) is 19.8 Å². The van der Waals surface area contributed by atoms with E-state index >= 15 is 0 Å². The molecule has 0 aromatic carbocycles. The average Bonchev–Trinajstić information content (AvgIpc) is 2.74. The van der Waals surface area contributed by atoms with Gasteiger partial charge < -0.3 is 10.1 Å². The Morgan fingerprint density at radius 3 is 3.00 bits per heavy atom. The van der Waals surface area contributed by atoms with Crippen LogP contribution in [-0.4, -0.2) is 28.7 Å². The van der Waals surface area contributed by atoms with Crippen molar-refractivity contribution in [1.29, 1.82) is 0 Å². The van der Waals surface area contributed by atoms with E-state index in [0.29, 0.717) is 11.0 Å². The van der Waals surface area contributed by atoms with E-state index in [1.165, 1.54) is 0 Å². The molecule has 0 aliphatic carbocycles. The molecule has 1 saturated heterocycles. The minimum absolute atomic E-state index is 0.210. The zero-order valence-electron chi connectivity index (χ0n) is 8.61. The molecule has 0 amide bonds. The molecule has 15 heavy (non-hydrogen) atoms. The number of halogens is 1. The molecule has 82 valence electrons. The van der Waals surface area contributed by atoms with Crippen LogP contribution in [0.3, 0.4) is 0 Å². The van der Waals surface area contributed by atoms with E-state index in [0.717, 1.165) is 19.4 Å². The summed E-state index contributed by atoms with van der Waals surface area (Å²) >= 11 is 5.90. The van der Waals surface area contributed by atoms with E-state index in [2.05, 4.69) is 22.2 Å². The van der Waals surface area contributed by atoms with Gasteiger partial charge in [-0.15, -0.1) is 0 Å². The minimum Gasteiger partial charge on any atom is -0.376 e. The quantitative estimate of drug-likeness (QED) is 0.859. The number of nitrogens with zero attached hydrogens (tertiary/aromatic N) is 2. The molecule has 0 spiro atoms. The number of hydrogen-bond acceptors (Lipinski definition) is 4. The van der Waals surface area contributed by atoms with Gasteiger partial charge in [0.05, 0.1) is 12.1 Å². The monoisotopic (exact) mass is 227 g/mol. The summed E-state index contributed by atoms with van der Waals surface area (Å²) in [7, 11) is 0. The van der Waals surface area contributed by atoms with E-state index in [9.17, 15) is 0 Å². The normalized spacial score (nSPS) is 22.7. The number of hydrogen-bond donors (Lipinski definition) is 1. The van der Waals surface area contributed by atoms with Crippen LogP contribution in [0.15, 0.2) is 12.4 Å². The van der Waals surface area contributed by atoms with Gasteiger partial charge in [0, 0.05) is 19.0 Å². The Kier molecular flexibility index (Phi) is 3.38. The fraction of sp³-hybridized carbons (Fsp3) is 0.600. The topological polar surface area (TPSA) is 47.0 Å². The van der Waals surface area contributed by atoms with Crippen LogP contribution in [0.4, 0.5) is 5.82 Å². The first-order valence-electron chi connectivity index (χ1n) is 5.12. The van der Waals surface area contributed by atoms with Gasteiger partial charge in [-0.2, -0.15) is 0 Å². The predicted octanol–water partition coefficient (Wildman–Crippen LogP) is 2.11. The molecule has 1 aromatic heterocycles. The molecule has 1 N–H and O–H groups in total. The van der Waals surface area contributed by atoms with Crippen LogP contribution in [-0.2, 0) is 4.74 Å². The molecule has 1 aromatic rings. The summed E-state index contributed by atoms with van der Waals surface area (Å²) in [5.41, 5.74) is 0. The molecule has 0 saturated carbocycles. The van der Waals surface area contributed by atoms with Crippen molar-refractivity contribution in [2.75, 3.05) is 11.9 Å². The maximum atomic E-state index is 5.90. The first kappa shape index (κ1) is 10.6. The van der Waals surface area contributed by atoms with Crippen molar-refractivity contribution in [3.8, 4) is 0 Å². The lowest BCUT2D eigenvalue weighted by Crippen LogP contribution is -2.30. The van der Waals surface area contributed by atoms with Crippen molar-refractivity contribution >= 4 is 17.4 Å². The van der Waals surface area contributed by atoms with E-state index < -0.39 is 0 Å². The third-order valence-corrected chi connectivity index (χ3v) is 2.82. The second-order valence-electron chi connectivity index (χ2n) is 3.68. The molecule has 5 heteroatoms. The Hall–Kier alpha value is -0.870. The molecule has 2 rings (SSSR count). The number of aromatic nitrogens is 2. The van der Waals surface area contributed by atoms with Crippen LogP contribution in [0.2, 0.25) is 5.15 Å². The summed E-state index contributed by atoms with van der Waals surface area (Å²) in [6, 6.07) is 0.210. The lowest BCUT2D eigenvalue weighted by Gasteiger charge is -2.20. The molecule has 1 aliphatic rings. The van der Waals surface area contributed by atoms with Gasteiger partial charge in [0.1, 0.15) is 0 Å². The maximum Gasteiger partial charge on any atom is 0.171 e. The largest absolute Gasteiger partial charge is 0.376 e. The van der Waals surface area contributed by atoms with Gasteiger partial charge in [0.2, 0.25) is 0 Å². The molecule has 0 bridgehead atoms. The summed E-state index contributed by atoms with van der Waals surface area (Å²) in [5.74, 6) is 0.627. The summed E-state index contributed by atoms with van der Waals surface area (Å²) in [6.45, 7) is 2.92. The van der Waals surface area contributed by atoms with Crippen LogP contribution in [0.1, 0.15) is 19.8 Å². The molecule has 1 fully saturated rings. The van der Waals surface area contributed by atoms with Crippen molar-refractivity contribution in [1.82, 2.24) is 9.97 Å². The van der Waals surface area contributed by atoms with Gasteiger partial charge in [-0.25, -0.2) is 9.97 Å². The average molecular weight is 228 g/mol. The first-order valence-corrected chi connectivity index (χ1v) is 5.50. The molecule has 2 unspecified atom stereocenters. The van der Waals surface area contributed by atoms with Gasteiger partial charge >= 0.3 is 0 Å². The van der Waals surface area contributed by atoms with E-state index in [4.69, 9.17) is 16.3 Å². The van der Waals surface area contributed by atoms with E-state index in [-0.39, 0.29) is 12.1 Å². The zero-order chi connectivity index (χ0) is 10.7. The number of nitrogens with one attached hydrogen (secondary N) is 1. The molecule has 2 atom stereocenters. The predicted molar refractivity (Wildman–Crippen MR) is 59.1 cm³/mol. The van der Waals surface area contributed by atoms with Crippen molar-refractivity contribution in [3.05, 3.63) is 17.5 Å². The summed E-state index contributed by atoms with van der Waals surface area (Å²) in [5, 5.41) is 3.63. The Morgan fingerprint density at radius 2 is 2.33 bits per heavy atom. The lowest BCUT2D eigenvalue weighted by atomic mass is 10.1. The Labute approximate surface area is 94.0 Å². The zero-order valence-corrected chi connectivity index (χ0v) is 9.37. The summed E-state index contributed by atoms with van der Waals surface area (Å²) in [6.07, 6.45) is 5.67. The highest BCUT2D eigenvalue weighted by Crippen LogP contribution is 2.21. The Bertz CT molecular complexity index is 328. The first-order chi connectivity index (χ1) is 7.27. The summed E-state index contributed by atoms with van der Waals surface area (Å²) in [4.78, 5) is 8.09. The molecule has 4 nitrogen and oxygen atoms in total. The Morgan fingerprint density at radius 1 is 1.53 bits per heavy atom. The minimum atomic E-state index is 0.210. The van der Waals surface area contributed by atoms with Gasteiger partial charge in [-0.3, -0.25) is 0 Å². The van der Waals surface area contributed by atoms with Crippen molar-refractivity contribution in [2.45, 2.75) is 31.9 Å². The molecule has 2 heterocycles. The van der Waals surface area contributed by atoms with Crippen LogP contribution in [0.25, 0.3) is 0 Å². The third-order valence-electron chi connectivity index (χ3n) is 2.54. The van der Waals surface area contributed by atoms with Crippen molar-refractivity contribution < 1.29 is 4.74 Å². The van der Waals surface area contributed by atoms with Crippen LogP contribution < -0.4 is 5.32 Å². The smallest absolute Gasteiger partial charge is 0.171 e. The second kappa shape index (κ2) is 4.77. The van der Waals surface area contributed by atoms with Crippen molar-refractivity contribution in [3.63, 3.8) is 0 Å². The van der Waals surface area contributed by atoms with Crippen LogP contribution in [0.5, 0.6) is 0 Å². The van der Waals surface area contributed by atoms with Crippen molar-refractivity contribution in [2.24, 2.45) is 0 Å². The highest BCUT2D eigenvalue weighted by Gasteiger charge is 2.22. The fourth-order valence-electron chi connectivity index (χ4n) is 1.72. The Balaban J connectivity index is 1.99. The fourth-order valence-corrected chi connectivity index (χ4v) is 1.88. The number of rotatable bonds is 3. The van der Waals surface area contributed by atoms with Crippen LogP contribution >= 0.6 is 11.6 Å². The molecule has 0 radical (unpaired) electrons. The van der Waals surface area contributed by atoms with E-state index in [1.54, 1.807) is 12.4 Å². The highest BCUT2D eigenvalue weighted by molar-refractivity contribution is 6.31. The van der Waals surface area contributed by atoms with Gasteiger partial charge in [0.15, 0.2) is 11.0 Å². The SMILES string of the molecule is CC(Nc1nccnc1Cl)C1CCCO1.